The first-order valence-corrected chi connectivity index (χ1v) is 7.25. The topological polar surface area (TPSA) is 21.3 Å². The fraction of sp³-hybridized carbons (Fsp3) is 0.647. The van der Waals surface area contributed by atoms with Gasteiger partial charge in [-0.2, -0.15) is 0 Å². The zero-order valence-corrected chi connectivity index (χ0v) is 13.3. The van der Waals surface area contributed by atoms with Crippen molar-refractivity contribution in [3.8, 4) is 5.75 Å². The minimum absolute atomic E-state index is 0.285. The Morgan fingerprint density at radius 3 is 2.47 bits per heavy atom. The van der Waals surface area contributed by atoms with Gasteiger partial charge in [-0.3, -0.25) is 0 Å². The average Bonchev–Trinajstić information content (AvgIpc) is 2.33. The van der Waals surface area contributed by atoms with Crippen LogP contribution in [0.25, 0.3) is 0 Å². The smallest absolute Gasteiger partial charge is 0.122 e. The Balaban J connectivity index is 2.76. The molecule has 0 saturated heterocycles. The van der Waals surface area contributed by atoms with Crippen molar-refractivity contribution >= 4 is 0 Å². The number of hydrogen-bond donors (Lipinski definition) is 1. The predicted molar refractivity (Wildman–Crippen MR) is 83.0 cm³/mol. The molecule has 0 saturated carbocycles. The van der Waals surface area contributed by atoms with Crippen LogP contribution >= 0.6 is 0 Å². The molecule has 108 valence electrons. The molecule has 1 N–H and O–H groups in total. The lowest BCUT2D eigenvalue weighted by Crippen LogP contribution is -2.40. The molecule has 0 bridgehead atoms. The van der Waals surface area contributed by atoms with Gasteiger partial charge in [-0.25, -0.2) is 0 Å². The van der Waals surface area contributed by atoms with E-state index in [0.29, 0.717) is 6.04 Å². The van der Waals surface area contributed by atoms with Crippen LogP contribution in [-0.2, 0) is 6.42 Å². The van der Waals surface area contributed by atoms with Crippen LogP contribution in [0.1, 0.15) is 45.2 Å². The number of ether oxygens (including phenoxy) is 1. The van der Waals surface area contributed by atoms with Crippen LogP contribution in [0, 0.1) is 12.3 Å². The standard InChI is InChI=1S/C17H29NO/c1-7-18-16(17(3,4)5)11-9-14-12-13(2)8-10-15(14)19-6/h8,10,12,16,18H,7,9,11H2,1-6H3. The minimum Gasteiger partial charge on any atom is -0.496 e. The third kappa shape index (κ3) is 4.87. The fourth-order valence-electron chi connectivity index (χ4n) is 2.49. The lowest BCUT2D eigenvalue weighted by Gasteiger charge is -2.31. The largest absolute Gasteiger partial charge is 0.496 e. The van der Waals surface area contributed by atoms with Crippen LogP contribution in [0.15, 0.2) is 18.2 Å². The molecule has 1 aromatic carbocycles. The summed E-state index contributed by atoms with van der Waals surface area (Å²) in [5.41, 5.74) is 2.90. The molecular formula is C17H29NO. The summed E-state index contributed by atoms with van der Waals surface area (Å²) in [7, 11) is 1.75. The molecule has 0 radical (unpaired) electrons. The molecule has 1 unspecified atom stereocenters. The third-order valence-electron chi connectivity index (χ3n) is 3.63. The van der Waals surface area contributed by atoms with Crippen molar-refractivity contribution < 1.29 is 4.74 Å². The monoisotopic (exact) mass is 263 g/mol. The minimum atomic E-state index is 0.285. The van der Waals surface area contributed by atoms with Gasteiger partial charge in [-0.1, -0.05) is 45.4 Å². The van der Waals surface area contributed by atoms with E-state index in [1.807, 2.05) is 0 Å². The molecule has 1 aromatic rings. The van der Waals surface area contributed by atoms with Crippen molar-refractivity contribution in [2.75, 3.05) is 13.7 Å². The van der Waals surface area contributed by atoms with Crippen molar-refractivity contribution in [2.45, 2.75) is 53.5 Å². The number of hydrogen-bond acceptors (Lipinski definition) is 2. The van der Waals surface area contributed by atoms with Crippen LogP contribution < -0.4 is 10.1 Å². The first-order chi connectivity index (χ1) is 8.88. The average molecular weight is 263 g/mol. The van der Waals surface area contributed by atoms with Gasteiger partial charge in [0.05, 0.1) is 7.11 Å². The van der Waals surface area contributed by atoms with Crippen LogP contribution in [0.5, 0.6) is 5.75 Å². The summed E-state index contributed by atoms with van der Waals surface area (Å²) in [5, 5.41) is 3.60. The number of benzene rings is 1. The number of methoxy groups -OCH3 is 1. The second-order valence-corrected chi connectivity index (χ2v) is 6.33. The zero-order valence-electron chi connectivity index (χ0n) is 13.3. The zero-order chi connectivity index (χ0) is 14.5. The highest BCUT2D eigenvalue weighted by molar-refractivity contribution is 5.37. The van der Waals surface area contributed by atoms with Crippen molar-refractivity contribution in [3.63, 3.8) is 0 Å². The molecule has 0 aromatic heterocycles. The van der Waals surface area contributed by atoms with Gasteiger partial charge < -0.3 is 10.1 Å². The van der Waals surface area contributed by atoms with Gasteiger partial charge in [-0.05, 0) is 43.4 Å². The maximum absolute atomic E-state index is 5.46. The molecule has 0 aliphatic carbocycles. The highest BCUT2D eigenvalue weighted by atomic mass is 16.5. The van der Waals surface area contributed by atoms with Gasteiger partial charge in [0, 0.05) is 6.04 Å². The Bertz CT molecular complexity index is 393. The van der Waals surface area contributed by atoms with Gasteiger partial charge in [0.2, 0.25) is 0 Å². The number of rotatable bonds is 6. The molecule has 19 heavy (non-hydrogen) atoms. The van der Waals surface area contributed by atoms with Gasteiger partial charge in [0.1, 0.15) is 5.75 Å². The van der Waals surface area contributed by atoms with Crippen molar-refractivity contribution in [3.05, 3.63) is 29.3 Å². The summed E-state index contributed by atoms with van der Waals surface area (Å²) in [5.74, 6) is 1.01. The summed E-state index contributed by atoms with van der Waals surface area (Å²) in [6, 6.07) is 6.95. The van der Waals surface area contributed by atoms with Crippen LogP contribution in [0.4, 0.5) is 0 Å². The molecule has 0 amide bonds. The van der Waals surface area contributed by atoms with Crippen LogP contribution in [-0.4, -0.2) is 19.7 Å². The molecule has 0 aliphatic heterocycles. The molecule has 1 atom stereocenters. The van der Waals surface area contributed by atoms with Gasteiger partial charge >= 0.3 is 0 Å². The Hall–Kier alpha value is -1.02. The van der Waals surface area contributed by atoms with E-state index in [4.69, 9.17) is 4.74 Å². The lowest BCUT2D eigenvalue weighted by atomic mass is 9.83. The molecule has 1 rings (SSSR count). The van der Waals surface area contributed by atoms with E-state index in [0.717, 1.165) is 25.1 Å². The van der Waals surface area contributed by atoms with Gasteiger partial charge in [0.15, 0.2) is 0 Å². The molecule has 2 nitrogen and oxygen atoms in total. The van der Waals surface area contributed by atoms with Crippen LogP contribution in [0.2, 0.25) is 0 Å². The Morgan fingerprint density at radius 2 is 1.95 bits per heavy atom. The maximum atomic E-state index is 5.46. The van der Waals surface area contributed by atoms with Crippen LogP contribution in [0.3, 0.4) is 0 Å². The van der Waals surface area contributed by atoms with Gasteiger partial charge in [0.25, 0.3) is 0 Å². The summed E-state index contributed by atoms with van der Waals surface area (Å²) in [4.78, 5) is 0. The number of aryl methyl sites for hydroxylation is 2. The van der Waals surface area contributed by atoms with E-state index in [9.17, 15) is 0 Å². The molecule has 2 heteroatoms. The Labute approximate surface area is 118 Å². The van der Waals surface area contributed by atoms with E-state index in [1.54, 1.807) is 7.11 Å². The predicted octanol–water partition coefficient (Wildman–Crippen LogP) is 3.96. The molecular weight excluding hydrogens is 234 g/mol. The Morgan fingerprint density at radius 1 is 1.26 bits per heavy atom. The lowest BCUT2D eigenvalue weighted by molar-refractivity contribution is 0.257. The first-order valence-electron chi connectivity index (χ1n) is 7.25. The van der Waals surface area contributed by atoms with Crippen molar-refractivity contribution in [1.29, 1.82) is 0 Å². The summed E-state index contributed by atoms with van der Waals surface area (Å²) in [6.45, 7) is 12.2. The first kappa shape index (κ1) is 16.0. The molecule has 0 fully saturated rings. The van der Waals surface area contributed by atoms with E-state index >= 15 is 0 Å². The summed E-state index contributed by atoms with van der Waals surface area (Å²) < 4.78 is 5.46. The molecule has 0 spiro atoms. The van der Waals surface area contributed by atoms with Crippen molar-refractivity contribution in [1.82, 2.24) is 5.32 Å². The van der Waals surface area contributed by atoms with E-state index in [-0.39, 0.29) is 5.41 Å². The van der Waals surface area contributed by atoms with E-state index in [2.05, 4.69) is 58.1 Å². The SMILES string of the molecule is CCNC(CCc1cc(C)ccc1OC)C(C)(C)C. The van der Waals surface area contributed by atoms with E-state index in [1.165, 1.54) is 11.1 Å². The second-order valence-electron chi connectivity index (χ2n) is 6.33. The summed E-state index contributed by atoms with van der Waals surface area (Å²) in [6.07, 6.45) is 2.19. The third-order valence-corrected chi connectivity index (χ3v) is 3.63. The Kier molecular flexibility index (Phi) is 5.86. The highest BCUT2D eigenvalue weighted by Crippen LogP contribution is 2.26. The highest BCUT2D eigenvalue weighted by Gasteiger charge is 2.23. The second kappa shape index (κ2) is 6.95. The van der Waals surface area contributed by atoms with E-state index < -0.39 is 0 Å². The molecule has 0 aliphatic rings. The summed E-state index contributed by atoms with van der Waals surface area (Å²) >= 11 is 0. The quantitative estimate of drug-likeness (QED) is 0.839. The van der Waals surface area contributed by atoms with Gasteiger partial charge in [-0.15, -0.1) is 0 Å². The molecule has 0 heterocycles. The normalized spacial score (nSPS) is 13.4. The maximum Gasteiger partial charge on any atom is 0.122 e. The number of nitrogens with one attached hydrogen (secondary N) is 1. The fourth-order valence-corrected chi connectivity index (χ4v) is 2.49. The van der Waals surface area contributed by atoms with Crippen molar-refractivity contribution in [2.24, 2.45) is 5.41 Å².